The van der Waals surface area contributed by atoms with Gasteiger partial charge >= 0.3 is 5.97 Å². The molecule has 0 spiro atoms. The average Bonchev–Trinajstić information content (AvgIpc) is 3.17. The van der Waals surface area contributed by atoms with Gasteiger partial charge in [0.2, 0.25) is 0 Å². The summed E-state index contributed by atoms with van der Waals surface area (Å²) < 4.78 is 5.56. The number of rotatable bonds is 10. The van der Waals surface area contributed by atoms with E-state index in [1.165, 1.54) is 12.8 Å². The van der Waals surface area contributed by atoms with Crippen molar-refractivity contribution >= 4 is 5.97 Å². The van der Waals surface area contributed by atoms with Crippen molar-refractivity contribution in [3.8, 4) is 0 Å². The molecule has 0 aromatic rings. The molecule has 4 heteroatoms. The van der Waals surface area contributed by atoms with E-state index in [-0.39, 0.29) is 0 Å². The van der Waals surface area contributed by atoms with Crippen LogP contribution in [0.25, 0.3) is 0 Å². The molecule has 2 aliphatic rings. The standard InChI is InChI=1S/C14H25NO3/c1-14(13(16)17,15-12-6-7-12)8-2-3-9-18-10-11-4-5-11/h11-12,15H,2-10H2,1H3,(H,16,17). The summed E-state index contributed by atoms with van der Waals surface area (Å²) in [5.74, 6) is 0.0825. The van der Waals surface area contributed by atoms with Crippen LogP contribution in [0.15, 0.2) is 0 Å². The Bertz CT molecular complexity index is 287. The van der Waals surface area contributed by atoms with Crippen LogP contribution in [-0.2, 0) is 9.53 Å². The second-order valence-corrected chi connectivity index (χ2v) is 6.03. The highest BCUT2D eigenvalue weighted by molar-refractivity contribution is 5.78. The van der Waals surface area contributed by atoms with Crippen LogP contribution in [0.3, 0.4) is 0 Å². The number of unbranched alkanes of at least 4 members (excludes halogenated alkanes) is 1. The van der Waals surface area contributed by atoms with Gasteiger partial charge < -0.3 is 9.84 Å². The van der Waals surface area contributed by atoms with Crippen LogP contribution in [0, 0.1) is 5.92 Å². The number of carbonyl (C=O) groups is 1. The largest absolute Gasteiger partial charge is 0.480 e. The van der Waals surface area contributed by atoms with Gasteiger partial charge in [0, 0.05) is 19.3 Å². The van der Waals surface area contributed by atoms with Crippen LogP contribution in [0.5, 0.6) is 0 Å². The minimum absolute atomic E-state index is 0.428. The van der Waals surface area contributed by atoms with Crippen molar-refractivity contribution in [2.45, 2.75) is 63.5 Å². The Morgan fingerprint density at radius 2 is 2.06 bits per heavy atom. The maximum absolute atomic E-state index is 11.3. The van der Waals surface area contributed by atoms with E-state index in [9.17, 15) is 9.90 Å². The molecule has 2 rings (SSSR count). The Morgan fingerprint density at radius 1 is 1.33 bits per heavy atom. The fourth-order valence-electron chi connectivity index (χ4n) is 2.14. The third kappa shape index (κ3) is 4.58. The number of hydrogen-bond acceptors (Lipinski definition) is 3. The molecule has 0 aromatic carbocycles. The maximum Gasteiger partial charge on any atom is 0.323 e. The lowest BCUT2D eigenvalue weighted by Gasteiger charge is -2.26. The summed E-state index contributed by atoms with van der Waals surface area (Å²) in [5.41, 5.74) is -0.752. The Kier molecular flexibility index (Phi) is 4.62. The van der Waals surface area contributed by atoms with Gasteiger partial charge in [-0.2, -0.15) is 0 Å². The lowest BCUT2D eigenvalue weighted by molar-refractivity contribution is -0.144. The van der Waals surface area contributed by atoms with Gasteiger partial charge in [0.05, 0.1) is 0 Å². The first-order valence-corrected chi connectivity index (χ1v) is 7.19. The van der Waals surface area contributed by atoms with Crippen molar-refractivity contribution in [1.29, 1.82) is 0 Å². The van der Waals surface area contributed by atoms with Crippen molar-refractivity contribution in [2.75, 3.05) is 13.2 Å². The minimum atomic E-state index is -0.752. The van der Waals surface area contributed by atoms with Crippen molar-refractivity contribution in [2.24, 2.45) is 5.92 Å². The molecular formula is C14H25NO3. The zero-order chi connectivity index (χ0) is 13.0. The molecule has 4 nitrogen and oxygen atoms in total. The van der Waals surface area contributed by atoms with Crippen LogP contribution in [0.4, 0.5) is 0 Å². The summed E-state index contributed by atoms with van der Waals surface area (Å²) in [6, 6.07) is 0.428. The summed E-state index contributed by atoms with van der Waals surface area (Å²) in [7, 11) is 0. The van der Waals surface area contributed by atoms with Crippen LogP contribution < -0.4 is 5.32 Å². The summed E-state index contributed by atoms with van der Waals surface area (Å²) in [4.78, 5) is 11.3. The molecule has 0 radical (unpaired) electrons. The fourth-order valence-corrected chi connectivity index (χ4v) is 2.14. The highest BCUT2D eigenvalue weighted by Crippen LogP contribution is 2.29. The van der Waals surface area contributed by atoms with Gasteiger partial charge in [0.25, 0.3) is 0 Å². The molecule has 104 valence electrons. The predicted octanol–water partition coefficient (Wildman–Crippen LogP) is 2.18. The fraction of sp³-hybridized carbons (Fsp3) is 0.929. The Hall–Kier alpha value is -0.610. The Balaban J connectivity index is 1.57. The van der Waals surface area contributed by atoms with Crippen LogP contribution >= 0.6 is 0 Å². The van der Waals surface area contributed by atoms with E-state index in [2.05, 4.69) is 5.32 Å². The smallest absolute Gasteiger partial charge is 0.323 e. The molecule has 0 saturated heterocycles. The third-order valence-corrected chi connectivity index (χ3v) is 3.84. The van der Waals surface area contributed by atoms with Gasteiger partial charge in [-0.05, 0) is 57.8 Å². The highest BCUT2D eigenvalue weighted by Gasteiger charge is 2.37. The monoisotopic (exact) mass is 255 g/mol. The number of carboxylic acids is 1. The molecule has 0 heterocycles. The third-order valence-electron chi connectivity index (χ3n) is 3.84. The van der Waals surface area contributed by atoms with E-state index >= 15 is 0 Å². The Labute approximate surface area is 109 Å². The summed E-state index contributed by atoms with van der Waals surface area (Å²) in [6.07, 6.45) is 7.44. The zero-order valence-electron chi connectivity index (χ0n) is 11.3. The normalized spacial score (nSPS) is 22.7. The molecule has 0 aliphatic heterocycles. The zero-order valence-corrected chi connectivity index (χ0v) is 11.3. The van der Waals surface area contributed by atoms with Gasteiger partial charge in [-0.15, -0.1) is 0 Å². The minimum Gasteiger partial charge on any atom is -0.480 e. The average molecular weight is 255 g/mol. The number of ether oxygens (including phenoxy) is 1. The summed E-state index contributed by atoms with van der Waals surface area (Å²) in [6.45, 7) is 3.48. The lowest BCUT2D eigenvalue weighted by Crippen LogP contribution is -2.50. The second-order valence-electron chi connectivity index (χ2n) is 6.03. The van der Waals surface area contributed by atoms with Gasteiger partial charge in [-0.1, -0.05) is 0 Å². The SMILES string of the molecule is CC(CCCCOCC1CC1)(NC1CC1)C(=O)O. The Morgan fingerprint density at radius 3 is 2.61 bits per heavy atom. The van der Waals surface area contributed by atoms with Gasteiger partial charge in [-0.3, -0.25) is 10.1 Å². The highest BCUT2D eigenvalue weighted by atomic mass is 16.5. The van der Waals surface area contributed by atoms with Crippen molar-refractivity contribution < 1.29 is 14.6 Å². The van der Waals surface area contributed by atoms with Gasteiger partial charge in [0.1, 0.15) is 5.54 Å². The van der Waals surface area contributed by atoms with Crippen LogP contribution in [-0.4, -0.2) is 35.9 Å². The molecular weight excluding hydrogens is 230 g/mol. The van der Waals surface area contributed by atoms with E-state index in [4.69, 9.17) is 4.74 Å². The van der Waals surface area contributed by atoms with E-state index in [0.717, 1.165) is 44.8 Å². The molecule has 2 saturated carbocycles. The van der Waals surface area contributed by atoms with Gasteiger partial charge in [-0.25, -0.2) is 0 Å². The van der Waals surface area contributed by atoms with Crippen molar-refractivity contribution in [3.05, 3.63) is 0 Å². The van der Waals surface area contributed by atoms with Crippen LogP contribution in [0.2, 0.25) is 0 Å². The summed E-state index contributed by atoms with van der Waals surface area (Å²) >= 11 is 0. The second kappa shape index (κ2) is 6.02. The molecule has 0 bridgehead atoms. The maximum atomic E-state index is 11.3. The molecule has 2 fully saturated rings. The first-order chi connectivity index (χ1) is 8.60. The first kappa shape index (κ1) is 13.8. The molecule has 1 unspecified atom stereocenters. The topological polar surface area (TPSA) is 58.6 Å². The number of aliphatic carboxylic acids is 1. The van der Waals surface area contributed by atoms with E-state index in [0.29, 0.717) is 12.5 Å². The van der Waals surface area contributed by atoms with E-state index < -0.39 is 11.5 Å². The first-order valence-electron chi connectivity index (χ1n) is 7.19. The number of nitrogens with one attached hydrogen (secondary N) is 1. The molecule has 2 aliphatic carbocycles. The molecule has 1 atom stereocenters. The van der Waals surface area contributed by atoms with Crippen molar-refractivity contribution in [3.63, 3.8) is 0 Å². The van der Waals surface area contributed by atoms with E-state index in [1.54, 1.807) is 6.92 Å². The predicted molar refractivity (Wildman–Crippen MR) is 69.6 cm³/mol. The van der Waals surface area contributed by atoms with Crippen molar-refractivity contribution in [1.82, 2.24) is 5.32 Å². The number of hydrogen-bond donors (Lipinski definition) is 2. The molecule has 18 heavy (non-hydrogen) atoms. The molecule has 0 aromatic heterocycles. The van der Waals surface area contributed by atoms with Gasteiger partial charge in [0.15, 0.2) is 0 Å². The van der Waals surface area contributed by atoms with E-state index in [1.807, 2.05) is 0 Å². The molecule has 0 amide bonds. The van der Waals surface area contributed by atoms with Crippen LogP contribution in [0.1, 0.15) is 51.9 Å². The quantitative estimate of drug-likeness (QED) is 0.587. The lowest BCUT2D eigenvalue weighted by atomic mass is 9.95. The number of carboxylic acid groups (broad SMARTS) is 1. The molecule has 2 N–H and O–H groups in total. The summed E-state index contributed by atoms with van der Waals surface area (Å²) in [5, 5.41) is 12.5.